The van der Waals surface area contributed by atoms with Gasteiger partial charge in [0.2, 0.25) is 0 Å². The third-order valence-electron chi connectivity index (χ3n) is 4.85. The lowest BCUT2D eigenvalue weighted by Crippen LogP contribution is -2.42. The quantitative estimate of drug-likeness (QED) is 0.736. The highest BCUT2D eigenvalue weighted by atomic mass is 16.5. The molecule has 0 aromatic carbocycles. The van der Waals surface area contributed by atoms with Crippen molar-refractivity contribution < 1.29 is 4.74 Å². The highest BCUT2D eigenvalue weighted by Gasteiger charge is 2.33. The summed E-state index contributed by atoms with van der Waals surface area (Å²) in [6.07, 6.45) is 5.38. The summed E-state index contributed by atoms with van der Waals surface area (Å²) in [7, 11) is 0. The molecular weight excluding hydrogens is 332 g/mol. The minimum Gasteiger partial charge on any atom is -0.377 e. The lowest BCUT2D eigenvalue weighted by atomic mass is 9.83. The minimum atomic E-state index is 0.0624. The second kappa shape index (κ2) is 7.08. The van der Waals surface area contributed by atoms with Gasteiger partial charge in [-0.2, -0.15) is 9.20 Å². The molecule has 9 nitrogen and oxygen atoms in total. The summed E-state index contributed by atoms with van der Waals surface area (Å²) in [6.45, 7) is 4.75. The first-order chi connectivity index (χ1) is 12.7. The van der Waals surface area contributed by atoms with Gasteiger partial charge in [-0.3, -0.25) is 0 Å². The van der Waals surface area contributed by atoms with Crippen molar-refractivity contribution in [1.82, 2.24) is 34.6 Å². The molecule has 26 heavy (non-hydrogen) atoms. The Labute approximate surface area is 151 Å². The van der Waals surface area contributed by atoms with Gasteiger partial charge in [0, 0.05) is 18.6 Å². The van der Waals surface area contributed by atoms with Crippen molar-refractivity contribution in [3.63, 3.8) is 0 Å². The van der Waals surface area contributed by atoms with Crippen LogP contribution in [0.25, 0.3) is 11.5 Å². The number of aryl methyl sites for hydroxylation is 1. The lowest BCUT2D eigenvalue weighted by molar-refractivity contribution is 0.00882. The number of hydrogen-bond acceptors (Lipinski definition) is 7. The van der Waals surface area contributed by atoms with Crippen molar-refractivity contribution in [2.45, 2.75) is 57.6 Å². The topological polar surface area (TPSA) is 109 Å². The fraction of sp³-hybridized carbons (Fsp3) is 0.588. The summed E-state index contributed by atoms with van der Waals surface area (Å²) >= 11 is 0. The van der Waals surface area contributed by atoms with Crippen LogP contribution in [0.15, 0.2) is 18.5 Å². The molecule has 3 atom stereocenters. The first kappa shape index (κ1) is 17.0. The highest BCUT2D eigenvalue weighted by Crippen LogP contribution is 2.33. The Hall–Kier alpha value is -2.39. The molecule has 1 aliphatic rings. The maximum Gasteiger partial charge on any atom is 0.177 e. The Balaban J connectivity index is 1.64. The van der Waals surface area contributed by atoms with E-state index in [-0.39, 0.29) is 18.1 Å². The number of nitrogens with two attached hydrogens (primary N) is 1. The molecule has 1 aliphatic carbocycles. The molecule has 3 aromatic rings. The minimum absolute atomic E-state index is 0.0624. The molecule has 0 aliphatic heterocycles. The van der Waals surface area contributed by atoms with E-state index in [2.05, 4.69) is 27.3 Å². The van der Waals surface area contributed by atoms with E-state index in [0.717, 1.165) is 43.9 Å². The zero-order valence-electron chi connectivity index (χ0n) is 15.1. The molecule has 3 heterocycles. The van der Waals surface area contributed by atoms with Gasteiger partial charge in [-0.25, -0.2) is 4.98 Å². The fourth-order valence-corrected chi connectivity index (χ4v) is 3.54. The maximum absolute atomic E-state index is 6.27. The molecule has 0 saturated heterocycles. The van der Waals surface area contributed by atoms with E-state index >= 15 is 0 Å². The van der Waals surface area contributed by atoms with Crippen LogP contribution in [0.1, 0.15) is 50.2 Å². The molecule has 1 fully saturated rings. The molecule has 1 saturated carbocycles. The number of hydrogen-bond donors (Lipinski definition) is 1. The Kier molecular flexibility index (Phi) is 4.64. The number of aromatic nitrogens is 7. The van der Waals surface area contributed by atoms with Crippen LogP contribution < -0.4 is 5.73 Å². The van der Waals surface area contributed by atoms with Crippen LogP contribution >= 0.6 is 0 Å². The molecule has 0 amide bonds. The molecule has 0 unspecified atom stereocenters. The van der Waals surface area contributed by atoms with Crippen molar-refractivity contribution in [3.8, 4) is 5.82 Å². The Morgan fingerprint density at radius 1 is 1.27 bits per heavy atom. The van der Waals surface area contributed by atoms with E-state index in [4.69, 9.17) is 15.5 Å². The van der Waals surface area contributed by atoms with E-state index in [0.29, 0.717) is 11.5 Å². The average Bonchev–Trinajstić information content (AvgIpc) is 3.26. The Morgan fingerprint density at radius 3 is 3.00 bits per heavy atom. The van der Waals surface area contributed by atoms with Gasteiger partial charge in [-0.15, -0.1) is 20.4 Å². The van der Waals surface area contributed by atoms with E-state index in [1.54, 1.807) is 10.8 Å². The third kappa shape index (κ3) is 3.19. The third-order valence-corrected chi connectivity index (χ3v) is 4.85. The summed E-state index contributed by atoms with van der Waals surface area (Å²) in [4.78, 5) is 4.69. The maximum atomic E-state index is 6.27. The van der Waals surface area contributed by atoms with Crippen LogP contribution in [0.4, 0.5) is 0 Å². The van der Waals surface area contributed by atoms with Crippen molar-refractivity contribution in [2.75, 3.05) is 6.61 Å². The van der Waals surface area contributed by atoms with Crippen molar-refractivity contribution in [2.24, 2.45) is 5.73 Å². The summed E-state index contributed by atoms with van der Waals surface area (Å²) in [6, 6.07) is 3.85. The van der Waals surface area contributed by atoms with Gasteiger partial charge in [0.25, 0.3) is 0 Å². The van der Waals surface area contributed by atoms with Crippen molar-refractivity contribution >= 4 is 5.65 Å². The lowest BCUT2D eigenvalue weighted by Gasteiger charge is -2.33. The van der Waals surface area contributed by atoms with Crippen LogP contribution in [0.3, 0.4) is 0 Å². The smallest absolute Gasteiger partial charge is 0.177 e. The molecule has 4 rings (SSSR count). The van der Waals surface area contributed by atoms with Crippen LogP contribution in [-0.2, 0) is 4.74 Å². The van der Waals surface area contributed by atoms with Gasteiger partial charge < -0.3 is 10.5 Å². The van der Waals surface area contributed by atoms with Gasteiger partial charge in [0.1, 0.15) is 18.0 Å². The molecule has 0 spiro atoms. The van der Waals surface area contributed by atoms with E-state index in [1.165, 1.54) is 0 Å². The van der Waals surface area contributed by atoms with E-state index in [9.17, 15) is 0 Å². The number of fused-ring (bicyclic) bond motifs is 1. The molecule has 0 radical (unpaired) electrons. The first-order valence-electron chi connectivity index (χ1n) is 9.14. The second-order valence-corrected chi connectivity index (χ2v) is 6.84. The van der Waals surface area contributed by atoms with Crippen LogP contribution in [0, 0.1) is 6.92 Å². The Morgan fingerprint density at radius 2 is 2.15 bits per heavy atom. The highest BCUT2D eigenvalue weighted by molar-refractivity contribution is 5.38. The summed E-state index contributed by atoms with van der Waals surface area (Å²) in [5.41, 5.74) is 6.97. The predicted octanol–water partition coefficient (Wildman–Crippen LogP) is 1.40. The fourth-order valence-electron chi connectivity index (χ4n) is 3.54. The van der Waals surface area contributed by atoms with Crippen LogP contribution in [0.2, 0.25) is 0 Å². The SMILES string of the molecule is CCCO[C@@H]1C[C@@H](c2nc(C)nn2-c2ccc3nncn3n2)CC[C@H]1N. The van der Waals surface area contributed by atoms with E-state index < -0.39 is 0 Å². The standard InChI is InChI=1S/C17H24N8O/c1-3-8-26-14-9-12(4-5-13(14)18)17-20-11(2)22-25(17)16-7-6-15-21-19-10-24(15)23-16/h6-7,10,12-14H,3-5,8-9,18H2,1-2H3/t12-,13+,14+/m0/s1. The van der Waals surface area contributed by atoms with Gasteiger partial charge in [-0.05, 0) is 44.7 Å². The molecule has 3 aromatic heterocycles. The molecule has 2 N–H and O–H groups in total. The number of rotatable bonds is 5. The molecule has 138 valence electrons. The number of ether oxygens (including phenoxy) is 1. The van der Waals surface area contributed by atoms with Crippen molar-refractivity contribution in [3.05, 3.63) is 30.1 Å². The van der Waals surface area contributed by atoms with Crippen molar-refractivity contribution in [1.29, 1.82) is 0 Å². The van der Waals surface area contributed by atoms with Gasteiger partial charge >= 0.3 is 0 Å². The zero-order chi connectivity index (χ0) is 18.1. The molecular formula is C17H24N8O. The predicted molar refractivity (Wildman–Crippen MR) is 95.0 cm³/mol. The first-order valence-corrected chi connectivity index (χ1v) is 9.14. The number of nitrogens with zero attached hydrogens (tertiary/aromatic N) is 7. The average molecular weight is 356 g/mol. The van der Waals surface area contributed by atoms with Crippen LogP contribution in [0.5, 0.6) is 0 Å². The monoisotopic (exact) mass is 356 g/mol. The second-order valence-electron chi connectivity index (χ2n) is 6.84. The Bertz CT molecular complexity index is 888. The van der Waals surface area contributed by atoms with Gasteiger partial charge in [0.05, 0.1) is 6.10 Å². The zero-order valence-corrected chi connectivity index (χ0v) is 15.1. The van der Waals surface area contributed by atoms with Crippen LogP contribution in [-0.4, -0.2) is 53.3 Å². The summed E-state index contributed by atoms with van der Waals surface area (Å²) in [5.74, 6) is 2.59. The van der Waals surface area contributed by atoms with Gasteiger partial charge in [-0.1, -0.05) is 6.92 Å². The van der Waals surface area contributed by atoms with Gasteiger partial charge in [0.15, 0.2) is 11.5 Å². The molecule has 0 bridgehead atoms. The molecule has 9 heteroatoms. The largest absolute Gasteiger partial charge is 0.377 e. The normalized spacial score (nSPS) is 23.6. The summed E-state index contributed by atoms with van der Waals surface area (Å²) in [5, 5.41) is 17.0. The van der Waals surface area contributed by atoms with E-state index in [1.807, 2.05) is 23.7 Å². The summed E-state index contributed by atoms with van der Waals surface area (Å²) < 4.78 is 9.44.